The molecule has 1 aliphatic carbocycles. The molecule has 0 spiro atoms. The Hall–Kier alpha value is -1.51. The van der Waals surface area contributed by atoms with Gasteiger partial charge in [-0.3, -0.25) is 0 Å². The molecule has 0 radical (unpaired) electrons. The van der Waals surface area contributed by atoms with Crippen molar-refractivity contribution >= 4 is 11.7 Å². The largest absolute Gasteiger partial charge is 0.478 e. The molecule has 18 heavy (non-hydrogen) atoms. The fourth-order valence-corrected chi connectivity index (χ4v) is 2.88. The summed E-state index contributed by atoms with van der Waals surface area (Å²) in [4.78, 5) is 11.2. The molecule has 1 aromatic rings. The van der Waals surface area contributed by atoms with Crippen LogP contribution in [0.3, 0.4) is 0 Å². The third-order valence-corrected chi connectivity index (χ3v) is 3.93. The number of rotatable bonds is 4. The number of carboxylic acids is 1. The number of para-hydroxylation sites is 1. The maximum Gasteiger partial charge on any atom is 0.337 e. The highest BCUT2D eigenvalue weighted by Gasteiger charge is 2.24. The Morgan fingerprint density at radius 3 is 2.78 bits per heavy atom. The first-order valence-electron chi connectivity index (χ1n) is 6.81. The van der Waals surface area contributed by atoms with Gasteiger partial charge in [0.05, 0.1) is 5.56 Å². The van der Waals surface area contributed by atoms with E-state index >= 15 is 0 Å². The Morgan fingerprint density at radius 2 is 2.06 bits per heavy atom. The molecule has 1 saturated carbocycles. The molecule has 2 N–H and O–H groups in total. The molecule has 3 nitrogen and oxygen atoms in total. The molecule has 0 aromatic heterocycles. The summed E-state index contributed by atoms with van der Waals surface area (Å²) in [5.74, 6) is -0.192. The molecule has 1 aromatic carbocycles. The minimum Gasteiger partial charge on any atom is -0.478 e. The van der Waals surface area contributed by atoms with Crippen molar-refractivity contribution in [1.82, 2.24) is 0 Å². The molecule has 1 fully saturated rings. The van der Waals surface area contributed by atoms with Gasteiger partial charge < -0.3 is 10.4 Å². The standard InChI is InChI=1S/C15H21NO2/c1-2-11-7-3-5-9-13(11)16-14-10-6-4-8-12(14)15(17)18/h4,6,8,10-11,13,16H,2-3,5,7,9H2,1H3,(H,17,18). The summed E-state index contributed by atoms with van der Waals surface area (Å²) in [7, 11) is 0. The zero-order valence-corrected chi connectivity index (χ0v) is 10.9. The third kappa shape index (κ3) is 2.84. The van der Waals surface area contributed by atoms with E-state index in [-0.39, 0.29) is 0 Å². The van der Waals surface area contributed by atoms with E-state index in [1.54, 1.807) is 12.1 Å². The second-order valence-electron chi connectivity index (χ2n) is 5.05. The van der Waals surface area contributed by atoms with Crippen LogP contribution >= 0.6 is 0 Å². The van der Waals surface area contributed by atoms with Crippen LogP contribution in [-0.4, -0.2) is 17.1 Å². The van der Waals surface area contributed by atoms with Crippen LogP contribution in [0.1, 0.15) is 49.4 Å². The molecule has 0 aliphatic heterocycles. The molecular weight excluding hydrogens is 226 g/mol. The second-order valence-corrected chi connectivity index (χ2v) is 5.05. The maximum absolute atomic E-state index is 11.2. The lowest BCUT2D eigenvalue weighted by Crippen LogP contribution is -2.32. The number of carbonyl (C=O) groups is 1. The van der Waals surface area contributed by atoms with E-state index in [2.05, 4.69) is 12.2 Å². The van der Waals surface area contributed by atoms with Crippen LogP contribution in [0.25, 0.3) is 0 Å². The molecule has 2 rings (SSSR count). The summed E-state index contributed by atoms with van der Waals surface area (Å²) in [6, 6.07) is 7.61. The Bertz CT molecular complexity index is 417. The lowest BCUT2D eigenvalue weighted by molar-refractivity contribution is 0.0698. The van der Waals surface area contributed by atoms with Gasteiger partial charge >= 0.3 is 5.97 Å². The van der Waals surface area contributed by atoms with Crippen molar-refractivity contribution in [2.45, 2.75) is 45.1 Å². The zero-order valence-electron chi connectivity index (χ0n) is 10.9. The average molecular weight is 247 g/mol. The third-order valence-electron chi connectivity index (χ3n) is 3.93. The van der Waals surface area contributed by atoms with Gasteiger partial charge in [-0.05, 0) is 30.9 Å². The Kier molecular flexibility index (Phi) is 4.24. The number of nitrogens with one attached hydrogen (secondary N) is 1. The van der Waals surface area contributed by atoms with Gasteiger partial charge in [0.25, 0.3) is 0 Å². The van der Waals surface area contributed by atoms with Crippen LogP contribution < -0.4 is 5.32 Å². The van der Waals surface area contributed by atoms with Crippen LogP contribution in [0.5, 0.6) is 0 Å². The van der Waals surface area contributed by atoms with E-state index in [0.29, 0.717) is 17.5 Å². The molecular formula is C15H21NO2. The number of anilines is 1. The van der Waals surface area contributed by atoms with Gasteiger partial charge in [0.1, 0.15) is 0 Å². The minimum absolute atomic E-state index is 0.373. The van der Waals surface area contributed by atoms with Crippen LogP contribution in [0.4, 0.5) is 5.69 Å². The van der Waals surface area contributed by atoms with Gasteiger partial charge in [-0.1, -0.05) is 38.3 Å². The number of hydrogen-bond donors (Lipinski definition) is 2. The second kappa shape index (κ2) is 5.89. The summed E-state index contributed by atoms with van der Waals surface area (Å²) in [5, 5.41) is 12.6. The monoisotopic (exact) mass is 247 g/mol. The summed E-state index contributed by atoms with van der Waals surface area (Å²) in [6.45, 7) is 2.22. The normalized spacial score (nSPS) is 23.6. The fraction of sp³-hybridized carbons (Fsp3) is 0.533. The van der Waals surface area contributed by atoms with Gasteiger partial charge in [-0.2, -0.15) is 0 Å². The van der Waals surface area contributed by atoms with E-state index in [4.69, 9.17) is 0 Å². The van der Waals surface area contributed by atoms with E-state index in [0.717, 1.165) is 18.5 Å². The predicted molar refractivity (Wildman–Crippen MR) is 73.1 cm³/mol. The van der Waals surface area contributed by atoms with Crippen molar-refractivity contribution in [2.24, 2.45) is 5.92 Å². The highest BCUT2D eigenvalue weighted by molar-refractivity contribution is 5.94. The van der Waals surface area contributed by atoms with Crippen LogP contribution in [-0.2, 0) is 0 Å². The van der Waals surface area contributed by atoms with E-state index in [1.807, 2.05) is 12.1 Å². The van der Waals surface area contributed by atoms with Gasteiger partial charge in [0, 0.05) is 11.7 Å². The van der Waals surface area contributed by atoms with Crippen LogP contribution in [0.15, 0.2) is 24.3 Å². The van der Waals surface area contributed by atoms with Gasteiger partial charge in [0.2, 0.25) is 0 Å². The number of hydrogen-bond acceptors (Lipinski definition) is 2. The van der Waals surface area contributed by atoms with Crippen molar-refractivity contribution in [2.75, 3.05) is 5.32 Å². The number of aromatic carboxylic acids is 1. The molecule has 2 atom stereocenters. The summed E-state index contributed by atoms with van der Waals surface area (Å²) in [5.41, 5.74) is 1.13. The summed E-state index contributed by atoms with van der Waals surface area (Å²) < 4.78 is 0. The highest BCUT2D eigenvalue weighted by atomic mass is 16.4. The van der Waals surface area contributed by atoms with Crippen molar-refractivity contribution in [1.29, 1.82) is 0 Å². The first-order valence-corrected chi connectivity index (χ1v) is 6.81. The predicted octanol–water partition coefficient (Wildman–Crippen LogP) is 3.77. The smallest absolute Gasteiger partial charge is 0.337 e. The average Bonchev–Trinajstić information content (AvgIpc) is 2.40. The van der Waals surface area contributed by atoms with Crippen molar-refractivity contribution in [3.63, 3.8) is 0 Å². The molecule has 98 valence electrons. The number of benzene rings is 1. The molecule has 0 heterocycles. The molecule has 0 saturated heterocycles. The van der Waals surface area contributed by atoms with Crippen molar-refractivity contribution in [3.05, 3.63) is 29.8 Å². The van der Waals surface area contributed by atoms with Gasteiger partial charge in [0.15, 0.2) is 0 Å². The van der Waals surface area contributed by atoms with Crippen LogP contribution in [0.2, 0.25) is 0 Å². The molecule has 1 aliphatic rings. The van der Waals surface area contributed by atoms with E-state index < -0.39 is 5.97 Å². The van der Waals surface area contributed by atoms with Crippen molar-refractivity contribution < 1.29 is 9.90 Å². The highest BCUT2D eigenvalue weighted by Crippen LogP contribution is 2.30. The van der Waals surface area contributed by atoms with Gasteiger partial charge in [-0.15, -0.1) is 0 Å². The fourth-order valence-electron chi connectivity index (χ4n) is 2.88. The molecule has 2 unspecified atom stereocenters. The maximum atomic E-state index is 11.2. The molecule has 3 heteroatoms. The summed E-state index contributed by atoms with van der Waals surface area (Å²) in [6.07, 6.45) is 6.10. The lowest BCUT2D eigenvalue weighted by Gasteiger charge is -2.32. The Morgan fingerprint density at radius 1 is 1.33 bits per heavy atom. The SMILES string of the molecule is CCC1CCCCC1Nc1ccccc1C(=O)O. The van der Waals surface area contributed by atoms with E-state index in [9.17, 15) is 9.90 Å². The molecule has 0 amide bonds. The first-order chi connectivity index (χ1) is 8.72. The first kappa shape index (κ1) is 12.9. The quantitative estimate of drug-likeness (QED) is 0.851. The lowest BCUT2D eigenvalue weighted by atomic mass is 9.82. The zero-order chi connectivity index (χ0) is 13.0. The van der Waals surface area contributed by atoms with Crippen molar-refractivity contribution in [3.8, 4) is 0 Å². The Labute approximate surface area is 108 Å². The van der Waals surface area contributed by atoms with Crippen LogP contribution in [0, 0.1) is 5.92 Å². The minimum atomic E-state index is -0.859. The number of carboxylic acid groups (broad SMARTS) is 1. The summed E-state index contributed by atoms with van der Waals surface area (Å²) >= 11 is 0. The molecule has 0 bridgehead atoms. The van der Waals surface area contributed by atoms with Gasteiger partial charge in [-0.25, -0.2) is 4.79 Å². The topological polar surface area (TPSA) is 49.3 Å². The Balaban J connectivity index is 2.15. The van der Waals surface area contributed by atoms with E-state index in [1.165, 1.54) is 19.3 Å².